The first-order valence-corrected chi connectivity index (χ1v) is 7.21. The number of para-hydroxylation sites is 1. The SMILES string of the molecule is CC1=C2C(=O)Oc3ccccc3[C@H]2N2C(=O)CSC2=N1. The average molecular weight is 286 g/mol. The molecule has 0 spiro atoms. The lowest BCUT2D eigenvalue weighted by Crippen LogP contribution is -2.42. The van der Waals surface area contributed by atoms with Crippen molar-refractivity contribution in [3.63, 3.8) is 0 Å². The van der Waals surface area contributed by atoms with Crippen molar-refractivity contribution in [2.45, 2.75) is 13.0 Å². The normalized spacial score (nSPS) is 23.9. The van der Waals surface area contributed by atoms with Crippen molar-refractivity contribution in [2.75, 3.05) is 5.75 Å². The van der Waals surface area contributed by atoms with Crippen molar-refractivity contribution in [3.8, 4) is 5.75 Å². The number of amidine groups is 1. The summed E-state index contributed by atoms with van der Waals surface area (Å²) in [6.07, 6.45) is 0. The monoisotopic (exact) mass is 286 g/mol. The van der Waals surface area contributed by atoms with Crippen molar-refractivity contribution in [1.82, 2.24) is 4.90 Å². The van der Waals surface area contributed by atoms with E-state index < -0.39 is 12.0 Å². The number of nitrogens with zero attached hydrogens (tertiary/aromatic N) is 2. The van der Waals surface area contributed by atoms with Crippen molar-refractivity contribution in [2.24, 2.45) is 4.99 Å². The fourth-order valence-corrected chi connectivity index (χ4v) is 3.69. The summed E-state index contributed by atoms with van der Waals surface area (Å²) in [6, 6.07) is 6.93. The van der Waals surface area contributed by atoms with E-state index in [-0.39, 0.29) is 5.91 Å². The van der Waals surface area contributed by atoms with Crippen molar-refractivity contribution >= 4 is 28.8 Å². The number of aliphatic imine (C=N–C) groups is 1. The molecule has 3 aliphatic rings. The highest BCUT2D eigenvalue weighted by Gasteiger charge is 2.46. The van der Waals surface area contributed by atoms with Crippen LogP contribution in [0.5, 0.6) is 5.75 Å². The molecule has 0 aromatic heterocycles. The molecule has 0 N–H and O–H groups in total. The van der Waals surface area contributed by atoms with E-state index >= 15 is 0 Å². The van der Waals surface area contributed by atoms with Crippen LogP contribution in [0.4, 0.5) is 0 Å². The van der Waals surface area contributed by atoms with Crippen LogP contribution in [-0.2, 0) is 9.59 Å². The molecule has 1 fully saturated rings. The lowest BCUT2D eigenvalue weighted by Gasteiger charge is -2.36. The number of fused-ring (bicyclic) bond motifs is 5. The summed E-state index contributed by atoms with van der Waals surface area (Å²) in [6.45, 7) is 1.78. The Morgan fingerprint density at radius 2 is 2.15 bits per heavy atom. The van der Waals surface area contributed by atoms with Crippen molar-refractivity contribution in [3.05, 3.63) is 41.1 Å². The van der Waals surface area contributed by atoms with E-state index in [0.717, 1.165) is 5.56 Å². The van der Waals surface area contributed by atoms with E-state index in [9.17, 15) is 9.59 Å². The van der Waals surface area contributed by atoms with Gasteiger partial charge in [-0.05, 0) is 13.0 Å². The van der Waals surface area contributed by atoms with Crippen molar-refractivity contribution < 1.29 is 14.3 Å². The molecule has 0 radical (unpaired) electrons. The van der Waals surface area contributed by atoms with Crippen LogP contribution in [0.1, 0.15) is 18.5 Å². The Bertz CT molecular complexity index is 723. The molecule has 6 heteroatoms. The zero-order valence-corrected chi connectivity index (χ0v) is 11.4. The summed E-state index contributed by atoms with van der Waals surface area (Å²) in [7, 11) is 0. The van der Waals surface area contributed by atoms with Crippen molar-refractivity contribution in [1.29, 1.82) is 0 Å². The number of thioether (sulfide) groups is 1. The first kappa shape index (κ1) is 11.7. The molecule has 100 valence electrons. The van der Waals surface area contributed by atoms with E-state index in [1.165, 1.54) is 11.8 Å². The minimum atomic E-state index is -0.418. The summed E-state index contributed by atoms with van der Waals surface area (Å²) in [4.78, 5) is 30.3. The minimum absolute atomic E-state index is 0.0201. The fraction of sp³-hybridized carbons (Fsp3) is 0.214. The Hall–Kier alpha value is -2.08. The highest BCUT2D eigenvalue weighted by atomic mass is 32.2. The van der Waals surface area contributed by atoms with Gasteiger partial charge in [-0.3, -0.25) is 9.69 Å². The summed E-state index contributed by atoms with van der Waals surface area (Å²) < 4.78 is 5.34. The van der Waals surface area contributed by atoms with Crippen LogP contribution >= 0.6 is 11.8 Å². The molecule has 3 aliphatic heterocycles. The van der Waals surface area contributed by atoms with Crippen LogP contribution in [0.2, 0.25) is 0 Å². The molecule has 1 amide bonds. The van der Waals surface area contributed by atoms with Gasteiger partial charge >= 0.3 is 5.97 Å². The number of carbonyl (C=O) groups excluding carboxylic acids is 2. The van der Waals surface area contributed by atoms with Crippen LogP contribution in [0.3, 0.4) is 0 Å². The highest BCUT2D eigenvalue weighted by Crippen LogP contribution is 2.46. The molecular formula is C14H10N2O3S. The molecule has 3 heterocycles. The van der Waals surface area contributed by atoms with Gasteiger partial charge in [-0.15, -0.1) is 0 Å². The predicted octanol–water partition coefficient (Wildman–Crippen LogP) is 1.87. The van der Waals surface area contributed by atoms with Gasteiger partial charge in [0.2, 0.25) is 5.91 Å². The smallest absolute Gasteiger partial charge is 0.343 e. The second-order valence-electron chi connectivity index (χ2n) is 4.78. The first-order chi connectivity index (χ1) is 9.66. The molecule has 1 atom stereocenters. The number of amides is 1. The number of allylic oxidation sites excluding steroid dienone is 1. The Kier molecular flexibility index (Phi) is 2.32. The second-order valence-corrected chi connectivity index (χ2v) is 5.72. The number of esters is 1. The summed E-state index contributed by atoms with van der Waals surface area (Å²) in [5.74, 6) is 0.449. The van der Waals surface area contributed by atoms with Gasteiger partial charge in [0.25, 0.3) is 0 Å². The molecular weight excluding hydrogens is 276 g/mol. The standard InChI is InChI=1S/C14H10N2O3S/c1-7-11-12(16-10(17)6-20-14(16)15-7)8-4-2-3-5-9(8)19-13(11)18/h2-5,12H,6H2,1H3/t12-/m1/s1. The molecule has 1 aromatic rings. The fourth-order valence-electron chi connectivity index (χ4n) is 2.75. The summed E-state index contributed by atoms with van der Waals surface area (Å²) >= 11 is 1.41. The van der Waals surface area contributed by atoms with Crippen LogP contribution < -0.4 is 4.74 Å². The first-order valence-electron chi connectivity index (χ1n) is 6.22. The van der Waals surface area contributed by atoms with E-state index in [2.05, 4.69) is 4.99 Å². The molecule has 0 saturated carbocycles. The molecule has 0 bridgehead atoms. The van der Waals surface area contributed by atoms with Gasteiger partial charge in [0.15, 0.2) is 5.17 Å². The molecule has 0 aliphatic carbocycles. The quantitative estimate of drug-likeness (QED) is 0.539. The average Bonchev–Trinajstić information content (AvgIpc) is 2.79. The third kappa shape index (κ3) is 1.42. The molecule has 20 heavy (non-hydrogen) atoms. The van der Waals surface area contributed by atoms with Gasteiger partial charge in [0.05, 0.1) is 17.0 Å². The molecule has 0 unspecified atom stereocenters. The van der Waals surface area contributed by atoms with Gasteiger partial charge < -0.3 is 4.74 Å². The largest absolute Gasteiger partial charge is 0.423 e. The van der Waals surface area contributed by atoms with Gasteiger partial charge in [-0.25, -0.2) is 9.79 Å². The Morgan fingerprint density at radius 3 is 3.00 bits per heavy atom. The van der Waals surface area contributed by atoms with Gasteiger partial charge in [0.1, 0.15) is 11.8 Å². The molecule has 1 saturated heterocycles. The van der Waals surface area contributed by atoms with E-state index in [1.807, 2.05) is 18.2 Å². The Balaban J connectivity index is 1.99. The summed E-state index contributed by atoms with van der Waals surface area (Å²) in [5.41, 5.74) is 1.93. The molecule has 5 nitrogen and oxygen atoms in total. The van der Waals surface area contributed by atoms with Crippen LogP contribution in [-0.4, -0.2) is 27.7 Å². The third-order valence-electron chi connectivity index (χ3n) is 3.62. The van der Waals surface area contributed by atoms with E-state index in [1.54, 1.807) is 17.9 Å². The zero-order valence-electron chi connectivity index (χ0n) is 10.6. The lowest BCUT2D eigenvalue weighted by atomic mass is 9.92. The molecule has 1 aromatic carbocycles. The summed E-state index contributed by atoms with van der Waals surface area (Å²) in [5, 5.41) is 0.672. The maximum atomic E-state index is 12.2. The topological polar surface area (TPSA) is 59.0 Å². The number of benzene rings is 1. The third-order valence-corrected chi connectivity index (χ3v) is 4.56. The number of hydrogen-bond acceptors (Lipinski definition) is 5. The van der Waals surface area contributed by atoms with E-state index in [4.69, 9.17) is 4.74 Å². The number of ether oxygens (including phenoxy) is 1. The second kappa shape index (κ2) is 3.96. The number of rotatable bonds is 0. The van der Waals surface area contributed by atoms with Crippen LogP contribution in [0, 0.1) is 0 Å². The van der Waals surface area contributed by atoms with E-state index in [0.29, 0.717) is 27.9 Å². The highest BCUT2D eigenvalue weighted by molar-refractivity contribution is 8.15. The maximum Gasteiger partial charge on any atom is 0.343 e. The Morgan fingerprint density at radius 1 is 1.35 bits per heavy atom. The number of hydrogen-bond donors (Lipinski definition) is 0. The van der Waals surface area contributed by atoms with Gasteiger partial charge in [-0.2, -0.15) is 0 Å². The Labute approximate surface area is 119 Å². The zero-order chi connectivity index (χ0) is 13.9. The van der Waals surface area contributed by atoms with Crippen LogP contribution in [0.25, 0.3) is 0 Å². The molecule has 4 rings (SSSR count). The predicted molar refractivity (Wildman–Crippen MR) is 74.3 cm³/mol. The lowest BCUT2D eigenvalue weighted by molar-refractivity contribution is -0.132. The van der Waals surface area contributed by atoms with Gasteiger partial charge in [0, 0.05) is 5.56 Å². The number of carbonyl (C=O) groups is 2. The van der Waals surface area contributed by atoms with Crippen LogP contribution in [0.15, 0.2) is 40.5 Å². The van der Waals surface area contributed by atoms with Gasteiger partial charge in [-0.1, -0.05) is 30.0 Å². The maximum absolute atomic E-state index is 12.2. The minimum Gasteiger partial charge on any atom is -0.423 e.